The summed E-state index contributed by atoms with van der Waals surface area (Å²) in [6, 6.07) is 10.8. The van der Waals surface area contributed by atoms with Gasteiger partial charge in [-0.15, -0.1) is 0 Å². The molecule has 1 aliphatic heterocycles. The number of esters is 1. The Morgan fingerprint density at radius 3 is 2.40 bits per heavy atom. The molecule has 14 nitrogen and oxygen atoms in total. The topological polar surface area (TPSA) is 226 Å². The van der Waals surface area contributed by atoms with Gasteiger partial charge in [-0.3, -0.25) is 9.59 Å². The van der Waals surface area contributed by atoms with Gasteiger partial charge < -0.3 is 59.1 Å². The zero-order valence-electron chi connectivity index (χ0n) is 30.9. The predicted molar refractivity (Wildman–Crippen MR) is 202 cm³/mol. The van der Waals surface area contributed by atoms with Gasteiger partial charge in [-0.1, -0.05) is 29.9 Å². The smallest absolute Gasteiger partial charge is 0.306 e. The first-order chi connectivity index (χ1) is 27.8. The first kappa shape index (κ1) is 41.8. The Hall–Kier alpha value is -5.78. The summed E-state index contributed by atoms with van der Waals surface area (Å²) in [6.07, 6.45) is -1.34. The Morgan fingerprint density at radius 2 is 1.67 bits per heavy atom. The van der Waals surface area contributed by atoms with E-state index in [1.165, 1.54) is 42.5 Å². The number of rotatable bonds is 15. The van der Waals surface area contributed by atoms with Crippen molar-refractivity contribution in [2.75, 3.05) is 13.2 Å². The molecule has 6 atom stereocenters. The second kappa shape index (κ2) is 18.7. The lowest BCUT2D eigenvalue weighted by Crippen LogP contribution is -2.60. The fourth-order valence-electron chi connectivity index (χ4n) is 6.86. The van der Waals surface area contributed by atoms with Crippen LogP contribution in [0, 0.1) is 11.7 Å². The molecule has 0 amide bonds. The first-order valence-corrected chi connectivity index (χ1v) is 18.4. The van der Waals surface area contributed by atoms with Gasteiger partial charge in [0, 0.05) is 43.1 Å². The molecule has 58 heavy (non-hydrogen) atoms. The monoisotopic (exact) mass is 808 g/mol. The minimum absolute atomic E-state index is 0.0313. The van der Waals surface area contributed by atoms with Crippen LogP contribution in [0.25, 0.3) is 22.3 Å². The summed E-state index contributed by atoms with van der Waals surface area (Å²) < 4.78 is 57.8. The highest BCUT2D eigenvalue weighted by atomic mass is 19.1. The van der Waals surface area contributed by atoms with Crippen LogP contribution in [-0.2, 0) is 25.4 Å². The van der Waals surface area contributed by atoms with E-state index in [9.17, 15) is 54.1 Å². The summed E-state index contributed by atoms with van der Waals surface area (Å²) in [4.78, 5) is 27.8. The SMILES string of the molecule is O=C(CCc1ccc(F)cc1)O[C@@H]1[C@H](Oc2c(-c3ccc(O)c(O)c3)oc3cc(O)cc(O)c3c2=O)O[C@@H](CO)C(CCO)[C@@H]1OC(O)CCC1=CCC=C(F)C=C1. The maximum atomic E-state index is 14.2. The van der Waals surface area contributed by atoms with Crippen LogP contribution in [0.4, 0.5) is 8.78 Å². The number of carbonyl (C=O) groups is 1. The number of phenolic OH excluding ortho intramolecular Hbond substituents is 4. The third kappa shape index (κ3) is 9.84. The Morgan fingerprint density at radius 1 is 0.897 bits per heavy atom. The number of hydrogen-bond acceptors (Lipinski definition) is 14. The second-order valence-corrected chi connectivity index (χ2v) is 13.8. The largest absolute Gasteiger partial charge is 0.508 e. The maximum Gasteiger partial charge on any atom is 0.306 e. The van der Waals surface area contributed by atoms with E-state index in [-0.39, 0.29) is 43.3 Å². The maximum absolute atomic E-state index is 14.2. The highest BCUT2D eigenvalue weighted by Gasteiger charge is 2.51. The summed E-state index contributed by atoms with van der Waals surface area (Å²) in [7, 11) is 0. The van der Waals surface area contributed by atoms with E-state index in [0.717, 1.165) is 24.3 Å². The van der Waals surface area contributed by atoms with E-state index in [0.29, 0.717) is 17.6 Å². The predicted octanol–water partition coefficient (Wildman–Crippen LogP) is 5.28. The van der Waals surface area contributed by atoms with Crippen LogP contribution in [0.15, 0.2) is 99.5 Å². The minimum atomic E-state index is -1.83. The molecule has 0 spiro atoms. The molecule has 0 bridgehead atoms. The van der Waals surface area contributed by atoms with Crippen LogP contribution in [0.1, 0.15) is 37.7 Å². The number of fused-ring (bicyclic) bond motifs is 1. The summed E-state index contributed by atoms with van der Waals surface area (Å²) in [6.45, 7) is -1.16. The van der Waals surface area contributed by atoms with Crippen LogP contribution in [-0.4, -0.2) is 85.8 Å². The van der Waals surface area contributed by atoms with Crippen molar-refractivity contribution in [1.82, 2.24) is 0 Å². The van der Waals surface area contributed by atoms with Gasteiger partial charge in [0.25, 0.3) is 0 Å². The number of aliphatic hydroxyl groups excluding tert-OH is 3. The Balaban J connectivity index is 1.40. The number of carbonyl (C=O) groups excluding carboxylic acids is 1. The van der Waals surface area contributed by atoms with Crippen molar-refractivity contribution in [2.24, 2.45) is 5.92 Å². The third-order valence-corrected chi connectivity index (χ3v) is 9.77. The van der Waals surface area contributed by atoms with Crippen LogP contribution in [0.5, 0.6) is 28.7 Å². The number of aryl methyl sites for hydroxylation is 1. The molecule has 1 aliphatic carbocycles. The number of hydrogen-bond donors (Lipinski definition) is 7. The molecule has 1 fully saturated rings. The Kier molecular flexibility index (Phi) is 13.5. The quantitative estimate of drug-likeness (QED) is 0.0461. The van der Waals surface area contributed by atoms with Crippen LogP contribution in [0.2, 0.25) is 0 Å². The van der Waals surface area contributed by atoms with E-state index in [1.807, 2.05) is 0 Å². The van der Waals surface area contributed by atoms with Crippen molar-refractivity contribution in [2.45, 2.75) is 69.4 Å². The van der Waals surface area contributed by atoms with Crippen molar-refractivity contribution in [1.29, 1.82) is 0 Å². The van der Waals surface area contributed by atoms with Crippen molar-refractivity contribution in [3.63, 3.8) is 0 Å². The second-order valence-electron chi connectivity index (χ2n) is 13.8. The lowest BCUT2D eigenvalue weighted by molar-refractivity contribution is -0.300. The summed E-state index contributed by atoms with van der Waals surface area (Å²) in [5, 5.41) is 72.7. The summed E-state index contributed by atoms with van der Waals surface area (Å²) >= 11 is 0. The van der Waals surface area contributed by atoms with Crippen LogP contribution >= 0.6 is 0 Å². The van der Waals surface area contributed by atoms with Gasteiger partial charge in [0.15, 0.2) is 29.7 Å². The molecule has 16 heteroatoms. The molecule has 2 aliphatic rings. The normalized spacial score (nSPS) is 21.2. The average molecular weight is 809 g/mol. The highest BCUT2D eigenvalue weighted by molar-refractivity contribution is 5.88. The summed E-state index contributed by atoms with van der Waals surface area (Å²) in [5.41, 5.74) is -0.0454. The zero-order valence-corrected chi connectivity index (χ0v) is 30.9. The molecule has 2 heterocycles. The average Bonchev–Trinajstić information content (AvgIpc) is 3.40. The van der Waals surface area contributed by atoms with Gasteiger partial charge in [0.2, 0.25) is 17.5 Å². The number of aromatic hydroxyl groups is 4. The van der Waals surface area contributed by atoms with Crippen molar-refractivity contribution in [3.8, 4) is 40.1 Å². The van der Waals surface area contributed by atoms with Crippen molar-refractivity contribution in [3.05, 3.63) is 112 Å². The molecular weight excluding hydrogens is 766 g/mol. The van der Waals surface area contributed by atoms with Gasteiger partial charge in [-0.05, 0) is 73.7 Å². The molecule has 308 valence electrons. The number of aliphatic hydroxyl groups is 3. The lowest BCUT2D eigenvalue weighted by atomic mass is 9.86. The number of halogens is 2. The molecule has 1 saturated heterocycles. The van der Waals surface area contributed by atoms with E-state index >= 15 is 0 Å². The molecule has 4 aromatic rings. The van der Waals surface area contributed by atoms with Crippen molar-refractivity contribution >= 4 is 16.9 Å². The molecule has 1 aromatic heterocycles. The number of benzene rings is 3. The highest BCUT2D eigenvalue weighted by Crippen LogP contribution is 2.41. The van der Waals surface area contributed by atoms with Gasteiger partial charge in [-0.2, -0.15) is 0 Å². The van der Waals surface area contributed by atoms with Gasteiger partial charge in [-0.25, -0.2) is 8.78 Å². The lowest BCUT2D eigenvalue weighted by Gasteiger charge is -2.45. The molecular formula is C42H42F2O14. The number of phenols is 4. The number of ether oxygens (including phenoxy) is 4. The molecule has 2 unspecified atom stereocenters. The molecule has 0 saturated carbocycles. The molecule has 0 radical (unpaired) electrons. The summed E-state index contributed by atoms with van der Waals surface area (Å²) in [5.74, 6) is -6.03. The minimum Gasteiger partial charge on any atom is -0.508 e. The molecule has 6 rings (SSSR count). The molecule has 3 aromatic carbocycles. The Labute approximate surface area is 329 Å². The van der Waals surface area contributed by atoms with Crippen LogP contribution < -0.4 is 10.2 Å². The van der Waals surface area contributed by atoms with E-state index in [2.05, 4.69) is 0 Å². The van der Waals surface area contributed by atoms with Crippen molar-refractivity contribution < 1.29 is 72.7 Å². The fraction of sp³-hybridized carbons (Fsp3) is 0.333. The standard InChI is InChI=1S/C42H42F2O14/c43-25-3-1-2-22(4-10-25)7-14-34(51)56-39-28(16-17-45)33(21-46)55-42(41(39)57-35(52)15-8-23-5-11-26(44)12-6-23)58-40-37(53)36-31(50)19-27(47)20-32(36)54-38(40)24-9-13-29(48)30(49)18-24/h2-6,9-13,18-20,28,33-34,39,41-42,45-51H,1,7-8,14-17,21H2/t28?,33-,34?,39-,41-,42-/m0/s1. The van der Waals surface area contributed by atoms with E-state index in [4.69, 9.17) is 23.4 Å². The first-order valence-electron chi connectivity index (χ1n) is 18.4. The van der Waals surface area contributed by atoms with Gasteiger partial charge in [0.05, 0.1) is 12.7 Å². The van der Waals surface area contributed by atoms with E-state index < -0.39 is 113 Å². The van der Waals surface area contributed by atoms with Gasteiger partial charge >= 0.3 is 5.97 Å². The zero-order chi connectivity index (χ0) is 41.5. The fourth-order valence-corrected chi connectivity index (χ4v) is 6.86. The third-order valence-electron chi connectivity index (χ3n) is 9.77. The number of allylic oxidation sites excluding steroid dienone is 6. The Bertz CT molecular complexity index is 2250. The van der Waals surface area contributed by atoms with Crippen LogP contribution in [0.3, 0.4) is 0 Å². The van der Waals surface area contributed by atoms with Gasteiger partial charge in [0.1, 0.15) is 40.2 Å². The molecule has 7 N–H and O–H groups in total. The van der Waals surface area contributed by atoms with E-state index in [1.54, 1.807) is 12.2 Å².